The fourth-order valence-corrected chi connectivity index (χ4v) is 2.01. The van der Waals surface area contributed by atoms with Crippen LogP contribution in [0, 0.1) is 5.92 Å². The third-order valence-corrected chi connectivity index (χ3v) is 3.20. The summed E-state index contributed by atoms with van der Waals surface area (Å²) in [6.45, 7) is 3.50. The molecule has 2 heterocycles. The number of nitrogens with zero attached hydrogens (tertiary/aromatic N) is 1. The molecule has 0 saturated carbocycles. The van der Waals surface area contributed by atoms with Gasteiger partial charge in [-0.15, -0.1) is 0 Å². The molecule has 1 fully saturated rings. The van der Waals surface area contributed by atoms with Gasteiger partial charge in [0, 0.05) is 30.3 Å². The highest BCUT2D eigenvalue weighted by Gasteiger charge is 2.23. The molecule has 2 rings (SSSR count). The van der Waals surface area contributed by atoms with Gasteiger partial charge in [-0.05, 0) is 25.5 Å². The van der Waals surface area contributed by atoms with Crippen molar-refractivity contribution in [3.05, 3.63) is 23.9 Å². The lowest BCUT2D eigenvalue weighted by molar-refractivity contribution is 0.0922. The van der Waals surface area contributed by atoms with Crippen molar-refractivity contribution in [2.45, 2.75) is 19.4 Å². The summed E-state index contributed by atoms with van der Waals surface area (Å²) >= 11 is 0. The zero-order valence-corrected chi connectivity index (χ0v) is 10.3. The third-order valence-electron chi connectivity index (χ3n) is 3.20. The van der Waals surface area contributed by atoms with Crippen LogP contribution in [0.4, 0.5) is 5.82 Å². The molecule has 6 heteroatoms. The van der Waals surface area contributed by atoms with Crippen molar-refractivity contribution < 1.29 is 9.53 Å². The van der Waals surface area contributed by atoms with E-state index in [9.17, 15) is 4.79 Å². The molecule has 0 aliphatic carbocycles. The molecule has 0 spiro atoms. The van der Waals surface area contributed by atoms with Crippen LogP contribution < -0.4 is 16.6 Å². The molecule has 1 aromatic rings. The van der Waals surface area contributed by atoms with E-state index < -0.39 is 0 Å². The minimum Gasteiger partial charge on any atom is -0.381 e. The van der Waals surface area contributed by atoms with Crippen LogP contribution in [-0.4, -0.2) is 30.1 Å². The van der Waals surface area contributed by atoms with Crippen LogP contribution in [0.15, 0.2) is 18.3 Å². The van der Waals surface area contributed by atoms with E-state index in [0.717, 1.165) is 13.0 Å². The summed E-state index contributed by atoms with van der Waals surface area (Å²) in [6.07, 6.45) is 2.54. The van der Waals surface area contributed by atoms with Crippen molar-refractivity contribution in [3.8, 4) is 0 Å². The van der Waals surface area contributed by atoms with Crippen LogP contribution in [0.2, 0.25) is 0 Å². The standard InChI is InChI=1S/C12H18N4O2/c1-8(10-3-5-18-7-10)15-12(17)9-2-4-14-11(6-9)16-13/h2,4,6,8,10H,3,5,7,13H2,1H3,(H,14,16)(H,15,17). The van der Waals surface area contributed by atoms with Crippen molar-refractivity contribution in [2.24, 2.45) is 11.8 Å². The van der Waals surface area contributed by atoms with E-state index in [2.05, 4.69) is 15.7 Å². The SMILES string of the molecule is CC(NC(=O)c1ccnc(NN)c1)C1CCOC1. The molecule has 4 N–H and O–H groups in total. The van der Waals surface area contributed by atoms with E-state index in [4.69, 9.17) is 10.6 Å². The molecule has 18 heavy (non-hydrogen) atoms. The van der Waals surface area contributed by atoms with Crippen LogP contribution in [0.1, 0.15) is 23.7 Å². The van der Waals surface area contributed by atoms with Gasteiger partial charge in [-0.2, -0.15) is 0 Å². The number of pyridine rings is 1. The first-order valence-corrected chi connectivity index (χ1v) is 6.02. The fourth-order valence-electron chi connectivity index (χ4n) is 2.01. The topological polar surface area (TPSA) is 89.3 Å². The number of ether oxygens (including phenoxy) is 1. The number of nitrogens with two attached hydrogens (primary N) is 1. The molecular formula is C12H18N4O2. The Morgan fingerprint density at radius 1 is 1.67 bits per heavy atom. The maximum atomic E-state index is 12.0. The summed E-state index contributed by atoms with van der Waals surface area (Å²) in [7, 11) is 0. The number of amides is 1. The molecule has 0 aromatic carbocycles. The highest BCUT2D eigenvalue weighted by atomic mass is 16.5. The Balaban J connectivity index is 1.97. The minimum absolute atomic E-state index is 0.0995. The fraction of sp³-hybridized carbons (Fsp3) is 0.500. The van der Waals surface area contributed by atoms with E-state index >= 15 is 0 Å². The first kappa shape index (κ1) is 12.8. The Morgan fingerprint density at radius 2 is 2.50 bits per heavy atom. The predicted octanol–water partition coefficient (Wildman–Crippen LogP) is 0.522. The van der Waals surface area contributed by atoms with Crippen molar-refractivity contribution in [1.82, 2.24) is 10.3 Å². The molecule has 1 amide bonds. The zero-order valence-electron chi connectivity index (χ0n) is 10.3. The third kappa shape index (κ3) is 2.96. The van der Waals surface area contributed by atoms with Gasteiger partial charge in [-0.1, -0.05) is 0 Å². The van der Waals surface area contributed by atoms with E-state index in [1.54, 1.807) is 18.3 Å². The number of hydrazine groups is 1. The lowest BCUT2D eigenvalue weighted by Gasteiger charge is -2.19. The van der Waals surface area contributed by atoms with Crippen LogP contribution in [0.25, 0.3) is 0 Å². The van der Waals surface area contributed by atoms with Gasteiger partial charge in [-0.3, -0.25) is 4.79 Å². The van der Waals surface area contributed by atoms with Gasteiger partial charge in [0.1, 0.15) is 5.82 Å². The van der Waals surface area contributed by atoms with Gasteiger partial charge in [0.15, 0.2) is 0 Å². The quantitative estimate of drug-likeness (QED) is 0.535. The highest BCUT2D eigenvalue weighted by molar-refractivity contribution is 5.94. The van der Waals surface area contributed by atoms with Crippen molar-refractivity contribution >= 4 is 11.7 Å². The summed E-state index contributed by atoms with van der Waals surface area (Å²) in [5, 5.41) is 2.97. The van der Waals surface area contributed by atoms with Crippen LogP contribution in [0.3, 0.4) is 0 Å². The van der Waals surface area contributed by atoms with Crippen LogP contribution in [0.5, 0.6) is 0 Å². The van der Waals surface area contributed by atoms with Gasteiger partial charge in [0.2, 0.25) is 0 Å². The number of carbonyl (C=O) groups is 1. The number of rotatable bonds is 4. The molecule has 98 valence electrons. The molecule has 0 bridgehead atoms. The predicted molar refractivity (Wildman–Crippen MR) is 67.9 cm³/mol. The van der Waals surface area contributed by atoms with Gasteiger partial charge < -0.3 is 15.5 Å². The molecule has 1 aliphatic heterocycles. The Kier molecular flexibility index (Phi) is 4.11. The van der Waals surface area contributed by atoms with E-state index in [1.807, 2.05) is 6.92 Å². The van der Waals surface area contributed by atoms with Crippen LogP contribution >= 0.6 is 0 Å². The lowest BCUT2D eigenvalue weighted by atomic mass is 10.0. The second kappa shape index (κ2) is 5.79. The minimum atomic E-state index is -0.117. The second-order valence-corrected chi connectivity index (χ2v) is 4.46. The average Bonchev–Trinajstić information content (AvgIpc) is 2.92. The molecule has 1 saturated heterocycles. The summed E-state index contributed by atoms with van der Waals surface area (Å²) in [4.78, 5) is 16.0. The largest absolute Gasteiger partial charge is 0.381 e. The summed E-state index contributed by atoms with van der Waals surface area (Å²) in [6, 6.07) is 3.38. The summed E-state index contributed by atoms with van der Waals surface area (Å²) in [5.74, 6) is 6.00. The van der Waals surface area contributed by atoms with Gasteiger partial charge in [0.25, 0.3) is 5.91 Å². The number of anilines is 1. The molecule has 6 nitrogen and oxygen atoms in total. The second-order valence-electron chi connectivity index (χ2n) is 4.46. The summed E-state index contributed by atoms with van der Waals surface area (Å²) in [5.41, 5.74) is 2.96. The van der Waals surface area contributed by atoms with Crippen molar-refractivity contribution in [3.63, 3.8) is 0 Å². The number of carbonyl (C=O) groups excluding carboxylic acids is 1. The zero-order chi connectivity index (χ0) is 13.0. The Morgan fingerprint density at radius 3 is 3.17 bits per heavy atom. The maximum Gasteiger partial charge on any atom is 0.251 e. The molecule has 2 atom stereocenters. The number of nitrogen functional groups attached to an aromatic ring is 1. The smallest absolute Gasteiger partial charge is 0.251 e. The number of nitrogens with one attached hydrogen (secondary N) is 2. The normalized spacial score (nSPS) is 20.4. The first-order valence-electron chi connectivity index (χ1n) is 6.02. The van der Waals surface area contributed by atoms with Crippen LogP contribution in [-0.2, 0) is 4.74 Å². The van der Waals surface area contributed by atoms with E-state index in [-0.39, 0.29) is 11.9 Å². The Bertz CT molecular complexity index is 418. The van der Waals surface area contributed by atoms with Gasteiger partial charge in [0.05, 0.1) is 6.61 Å². The maximum absolute atomic E-state index is 12.0. The first-order chi connectivity index (χ1) is 8.70. The molecule has 1 aliphatic rings. The van der Waals surface area contributed by atoms with Gasteiger partial charge >= 0.3 is 0 Å². The number of hydrogen-bond donors (Lipinski definition) is 3. The van der Waals surface area contributed by atoms with Crippen molar-refractivity contribution in [2.75, 3.05) is 18.6 Å². The van der Waals surface area contributed by atoms with Crippen molar-refractivity contribution in [1.29, 1.82) is 0 Å². The van der Waals surface area contributed by atoms with E-state index in [0.29, 0.717) is 23.9 Å². The Hall–Kier alpha value is -1.66. The summed E-state index contributed by atoms with van der Waals surface area (Å²) < 4.78 is 5.31. The number of hydrogen-bond acceptors (Lipinski definition) is 5. The number of aromatic nitrogens is 1. The molecule has 1 aromatic heterocycles. The monoisotopic (exact) mass is 250 g/mol. The van der Waals surface area contributed by atoms with Gasteiger partial charge in [-0.25, -0.2) is 10.8 Å². The average molecular weight is 250 g/mol. The molecule has 2 unspecified atom stereocenters. The molecular weight excluding hydrogens is 232 g/mol. The van der Waals surface area contributed by atoms with E-state index in [1.165, 1.54) is 0 Å². The Labute approximate surface area is 106 Å². The highest BCUT2D eigenvalue weighted by Crippen LogP contribution is 2.17. The lowest BCUT2D eigenvalue weighted by Crippen LogP contribution is -2.38. The molecule has 0 radical (unpaired) electrons.